The molecule has 0 aliphatic carbocycles. The highest BCUT2D eigenvalue weighted by Crippen LogP contribution is 2.22. The van der Waals surface area contributed by atoms with Gasteiger partial charge in [0.25, 0.3) is 6.43 Å². The van der Waals surface area contributed by atoms with Crippen LogP contribution in [-0.2, 0) is 6.54 Å². The Morgan fingerprint density at radius 1 is 1.38 bits per heavy atom. The van der Waals surface area contributed by atoms with Gasteiger partial charge in [-0.15, -0.1) is 0 Å². The minimum atomic E-state index is -2.80. The van der Waals surface area contributed by atoms with E-state index in [1.165, 1.54) is 6.07 Å². The fraction of sp³-hybridized carbons (Fsp3) is 0.250. The van der Waals surface area contributed by atoms with Gasteiger partial charge in [-0.2, -0.15) is 0 Å². The molecule has 13 heavy (non-hydrogen) atoms. The van der Waals surface area contributed by atoms with Gasteiger partial charge in [0.15, 0.2) is 0 Å². The molecule has 0 amide bonds. The summed E-state index contributed by atoms with van der Waals surface area (Å²) in [5, 5.41) is 0. The molecule has 0 aromatic heterocycles. The largest absolute Gasteiger partial charge is 0.266 e. The highest BCUT2D eigenvalue weighted by molar-refractivity contribution is 6.13. The second-order valence-electron chi connectivity index (χ2n) is 2.47. The smallest absolute Gasteiger partial charge is 0.229 e. The maximum atomic E-state index is 12.7. The van der Waals surface area contributed by atoms with Gasteiger partial charge < -0.3 is 0 Å². The lowest BCUT2D eigenvalue weighted by molar-refractivity contribution is 0.146. The van der Waals surface area contributed by atoms with Crippen LogP contribution in [0.5, 0.6) is 0 Å². The molecule has 1 aromatic carbocycles. The maximum absolute atomic E-state index is 12.7. The number of alkyl halides is 2. The van der Waals surface area contributed by atoms with Crippen molar-refractivity contribution in [3.05, 3.63) is 35.1 Å². The van der Waals surface area contributed by atoms with E-state index in [0.29, 0.717) is 5.56 Å². The standard InChI is InChI=1S/C8H7ClF3N/c9-13-4-5-1-2-7(10)6(3-5)8(11)12/h1-3,8,13H,4H2. The van der Waals surface area contributed by atoms with Crippen LogP contribution in [0.2, 0.25) is 0 Å². The Labute approximate surface area is 78.6 Å². The lowest BCUT2D eigenvalue weighted by Gasteiger charge is -2.04. The van der Waals surface area contributed by atoms with Crippen LogP contribution >= 0.6 is 11.8 Å². The normalized spacial score (nSPS) is 10.8. The van der Waals surface area contributed by atoms with Crippen molar-refractivity contribution in [3.8, 4) is 0 Å². The number of hydrogen-bond acceptors (Lipinski definition) is 1. The molecule has 0 saturated heterocycles. The molecule has 1 N–H and O–H groups in total. The SMILES string of the molecule is Fc1ccc(CNCl)cc1C(F)F. The van der Waals surface area contributed by atoms with E-state index >= 15 is 0 Å². The van der Waals surface area contributed by atoms with E-state index in [2.05, 4.69) is 4.84 Å². The summed E-state index contributed by atoms with van der Waals surface area (Å²) in [7, 11) is 0. The number of nitrogens with one attached hydrogen (secondary N) is 1. The third-order valence-corrected chi connectivity index (χ3v) is 1.70. The monoisotopic (exact) mass is 209 g/mol. The van der Waals surface area contributed by atoms with Crippen molar-refractivity contribution in [1.29, 1.82) is 0 Å². The zero-order chi connectivity index (χ0) is 9.84. The molecule has 72 valence electrons. The Bertz CT molecular complexity index is 291. The highest BCUT2D eigenvalue weighted by Gasteiger charge is 2.13. The molecule has 0 heterocycles. The van der Waals surface area contributed by atoms with Gasteiger partial charge in [0.2, 0.25) is 0 Å². The van der Waals surface area contributed by atoms with Crippen LogP contribution in [0.15, 0.2) is 18.2 Å². The predicted octanol–water partition coefficient (Wildman–Crippen LogP) is 3.01. The number of halogens is 4. The zero-order valence-electron chi connectivity index (χ0n) is 6.53. The van der Waals surface area contributed by atoms with Gasteiger partial charge >= 0.3 is 0 Å². The first-order chi connectivity index (χ1) is 6.15. The first kappa shape index (κ1) is 10.3. The van der Waals surface area contributed by atoms with Crippen molar-refractivity contribution in [2.45, 2.75) is 13.0 Å². The predicted molar refractivity (Wildman–Crippen MR) is 44.0 cm³/mol. The fourth-order valence-electron chi connectivity index (χ4n) is 0.948. The molecule has 1 rings (SSSR count). The molecule has 0 aliphatic rings. The van der Waals surface area contributed by atoms with Crippen LogP contribution in [-0.4, -0.2) is 0 Å². The quantitative estimate of drug-likeness (QED) is 0.755. The lowest BCUT2D eigenvalue weighted by Crippen LogP contribution is -2.00. The van der Waals surface area contributed by atoms with Crippen molar-refractivity contribution < 1.29 is 13.2 Å². The van der Waals surface area contributed by atoms with E-state index in [0.717, 1.165) is 12.1 Å². The molecule has 0 spiro atoms. The van der Waals surface area contributed by atoms with E-state index in [4.69, 9.17) is 11.8 Å². The average molecular weight is 210 g/mol. The third-order valence-electron chi connectivity index (χ3n) is 1.57. The van der Waals surface area contributed by atoms with E-state index in [1.54, 1.807) is 0 Å². The summed E-state index contributed by atoms with van der Waals surface area (Å²) in [6.07, 6.45) is -2.80. The second kappa shape index (κ2) is 4.48. The Morgan fingerprint density at radius 2 is 2.08 bits per heavy atom. The molecule has 5 heteroatoms. The average Bonchev–Trinajstić information content (AvgIpc) is 2.08. The van der Waals surface area contributed by atoms with Gasteiger partial charge in [-0.25, -0.2) is 18.0 Å². The van der Waals surface area contributed by atoms with Crippen molar-refractivity contribution in [1.82, 2.24) is 4.84 Å². The van der Waals surface area contributed by atoms with Gasteiger partial charge in [-0.05, 0) is 29.5 Å². The van der Waals surface area contributed by atoms with E-state index < -0.39 is 17.8 Å². The van der Waals surface area contributed by atoms with Crippen LogP contribution in [0.25, 0.3) is 0 Å². The van der Waals surface area contributed by atoms with Gasteiger partial charge in [-0.3, -0.25) is 0 Å². The van der Waals surface area contributed by atoms with Gasteiger partial charge in [0.1, 0.15) is 5.82 Å². The van der Waals surface area contributed by atoms with E-state index in [9.17, 15) is 13.2 Å². The molecule has 0 fully saturated rings. The summed E-state index contributed by atoms with van der Waals surface area (Å²) >= 11 is 5.18. The Kier molecular flexibility index (Phi) is 3.57. The van der Waals surface area contributed by atoms with E-state index in [1.807, 2.05) is 0 Å². The summed E-state index contributed by atoms with van der Waals surface area (Å²) in [6, 6.07) is 3.50. The molecule has 0 bridgehead atoms. The van der Waals surface area contributed by atoms with Crippen molar-refractivity contribution in [3.63, 3.8) is 0 Å². The van der Waals surface area contributed by atoms with Crippen LogP contribution < -0.4 is 4.84 Å². The van der Waals surface area contributed by atoms with Gasteiger partial charge in [0.05, 0.1) is 5.56 Å². The first-order valence-electron chi connectivity index (χ1n) is 3.55. The summed E-state index contributed by atoms with van der Waals surface area (Å²) in [5.41, 5.74) is -0.0730. The molecule has 1 nitrogen and oxygen atoms in total. The molecule has 1 aromatic rings. The second-order valence-corrected chi connectivity index (χ2v) is 2.73. The molecule has 0 radical (unpaired) electrons. The molecule has 0 unspecified atom stereocenters. The van der Waals surface area contributed by atoms with Gasteiger partial charge in [0, 0.05) is 6.54 Å². The van der Waals surface area contributed by atoms with Gasteiger partial charge in [-0.1, -0.05) is 6.07 Å². The Balaban J connectivity index is 2.97. The highest BCUT2D eigenvalue weighted by atomic mass is 35.5. The summed E-state index contributed by atoms with van der Waals surface area (Å²) in [4.78, 5) is 2.27. The summed E-state index contributed by atoms with van der Waals surface area (Å²) in [5.74, 6) is -0.895. The van der Waals surface area contributed by atoms with Crippen molar-refractivity contribution >= 4 is 11.8 Å². The maximum Gasteiger partial charge on any atom is 0.266 e. The number of rotatable bonds is 3. The number of benzene rings is 1. The van der Waals surface area contributed by atoms with Crippen LogP contribution in [0.4, 0.5) is 13.2 Å². The lowest BCUT2D eigenvalue weighted by atomic mass is 10.1. The fourth-order valence-corrected chi connectivity index (χ4v) is 1.10. The Morgan fingerprint density at radius 3 is 2.62 bits per heavy atom. The molecular formula is C8H7ClF3N. The van der Waals surface area contributed by atoms with E-state index in [-0.39, 0.29) is 6.54 Å². The molecule has 0 saturated carbocycles. The zero-order valence-corrected chi connectivity index (χ0v) is 7.28. The van der Waals surface area contributed by atoms with Crippen LogP contribution in [0, 0.1) is 5.82 Å². The van der Waals surface area contributed by atoms with Crippen LogP contribution in [0.1, 0.15) is 17.6 Å². The molecular weight excluding hydrogens is 203 g/mol. The topological polar surface area (TPSA) is 12.0 Å². The summed E-state index contributed by atoms with van der Waals surface area (Å²) < 4.78 is 37.0. The Hall–Kier alpha value is -0.740. The molecule has 0 atom stereocenters. The van der Waals surface area contributed by atoms with Crippen molar-refractivity contribution in [2.75, 3.05) is 0 Å². The first-order valence-corrected chi connectivity index (χ1v) is 3.93. The minimum absolute atomic E-state index is 0.224. The van der Waals surface area contributed by atoms with Crippen LogP contribution in [0.3, 0.4) is 0 Å². The summed E-state index contributed by atoms with van der Waals surface area (Å²) in [6.45, 7) is 0.224. The van der Waals surface area contributed by atoms with Crippen molar-refractivity contribution in [2.24, 2.45) is 0 Å². The number of hydrogen-bond donors (Lipinski definition) is 1. The minimum Gasteiger partial charge on any atom is -0.229 e. The molecule has 0 aliphatic heterocycles. The third kappa shape index (κ3) is 2.60.